The number of nitrogens with zero attached hydrogens (tertiary/aromatic N) is 1. The highest BCUT2D eigenvalue weighted by molar-refractivity contribution is 5.35. The maximum atomic E-state index is 8.82. The van der Waals surface area contributed by atoms with Gasteiger partial charge >= 0.3 is 0 Å². The fourth-order valence-corrected chi connectivity index (χ4v) is 0.903. The van der Waals surface area contributed by atoms with Crippen LogP contribution in [0, 0.1) is 0 Å². The molecule has 0 aliphatic rings. The zero-order valence-corrected chi connectivity index (χ0v) is 6.64. The molecule has 1 aromatic heterocycles. The third-order valence-corrected chi connectivity index (χ3v) is 1.67. The minimum atomic E-state index is -0.300. The Morgan fingerprint density at radius 3 is 2.42 bits per heavy atom. The molecule has 0 aliphatic heterocycles. The van der Waals surface area contributed by atoms with E-state index in [1.807, 2.05) is 0 Å². The van der Waals surface area contributed by atoms with Crippen LogP contribution in [0.5, 0.6) is 0 Å². The van der Waals surface area contributed by atoms with E-state index >= 15 is 0 Å². The molecule has 0 unspecified atom stereocenters. The summed E-state index contributed by atoms with van der Waals surface area (Å²) in [5.41, 5.74) is 6.66. The average molecular weight is 168 g/mol. The molecular formula is C8H12N2O2. The Morgan fingerprint density at radius 1 is 1.33 bits per heavy atom. The Bertz CT molecular complexity index is 231. The summed E-state index contributed by atoms with van der Waals surface area (Å²) in [6, 6.07) is 3.40. The second-order valence-electron chi connectivity index (χ2n) is 2.58. The van der Waals surface area contributed by atoms with Crippen LogP contribution in [-0.4, -0.2) is 28.4 Å². The first-order valence-corrected chi connectivity index (χ1v) is 3.71. The first-order valence-electron chi connectivity index (χ1n) is 3.71. The molecule has 4 heteroatoms. The van der Waals surface area contributed by atoms with Gasteiger partial charge in [0, 0.05) is 11.6 Å². The molecule has 0 saturated heterocycles. The summed E-state index contributed by atoms with van der Waals surface area (Å²) in [5, 5.41) is 17.6. The number of anilines is 1. The Labute approximate surface area is 70.7 Å². The van der Waals surface area contributed by atoms with Crippen molar-refractivity contribution in [2.75, 3.05) is 18.9 Å². The van der Waals surface area contributed by atoms with E-state index in [0.717, 1.165) is 0 Å². The minimum Gasteiger partial charge on any atom is -0.397 e. The van der Waals surface area contributed by atoms with E-state index in [0.29, 0.717) is 11.4 Å². The number of hydrogen-bond acceptors (Lipinski definition) is 4. The maximum absolute atomic E-state index is 8.82. The molecule has 0 aliphatic carbocycles. The zero-order chi connectivity index (χ0) is 8.97. The van der Waals surface area contributed by atoms with Crippen molar-refractivity contribution >= 4 is 5.69 Å². The van der Waals surface area contributed by atoms with E-state index in [1.54, 1.807) is 12.1 Å². The maximum Gasteiger partial charge on any atom is 0.0537 e. The van der Waals surface area contributed by atoms with Crippen LogP contribution in [0.2, 0.25) is 0 Å². The van der Waals surface area contributed by atoms with Gasteiger partial charge in [0.05, 0.1) is 25.1 Å². The number of nitrogens with two attached hydrogens (primary N) is 1. The van der Waals surface area contributed by atoms with E-state index in [4.69, 9.17) is 15.9 Å². The van der Waals surface area contributed by atoms with Crippen LogP contribution < -0.4 is 5.73 Å². The molecule has 1 rings (SSSR count). The number of aliphatic hydroxyl groups is 2. The standard InChI is InChI=1S/C8H12N2O2/c9-7-1-2-8(10-3-7)6(4-11)5-12/h1-3,6,11-12H,4-5,9H2. The van der Waals surface area contributed by atoms with Crippen molar-refractivity contribution in [3.63, 3.8) is 0 Å². The third-order valence-electron chi connectivity index (χ3n) is 1.67. The first-order chi connectivity index (χ1) is 5.77. The molecule has 1 aromatic rings. The molecule has 4 N–H and O–H groups in total. The minimum absolute atomic E-state index is 0.104. The van der Waals surface area contributed by atoms with Crippen LogP contribution in [-0.2, 0) is 0 Å². The molecule has 0 atom stereocenters. The summed E-state index contributed by atoms with van der Waals surface area (Å²) in [7, 11) is 0. The predicted molar refractivity (Wildman–Crippen MR) is 45.6 cm³/mol. The van der Waals surface area contributed by atoms with Gasteiger partial charge in [-0.25, -0.2) is 0 Å². The van der Waals surface area contributed by atoms with Gasteiger partial charge < -0.3 is 15.9 Å². The molecule has 0 aromatic carbocycles. The van der Waals surface area contributed by atoms with Crippen molar-refractivity contribution < 1.29 is 10.2 Å². The van der Waals surface area contributed by atoms with Gasteiger partial charge in [0.25, 0.3) is 0 Å². The fraction of sp³-hybridized carbons (Fsp3) is 0.375. The van der Waals surface area contributed by atoms with E-state index in [-0.39, 0.29) is 19.1 Å². The largest absolute Gasteiger partial charge is 0.397 e. The summed E-state index contributed by atoms with van der Waals surface area (Å²) < 4.78 is 0. The number of nitrogen functional groups attached to an aromatic ring is 1. The van der Waals surface area contributed by atoms with E-state index in [9.17, 15) is 0 Å². The van der Waals surface area contributed by atoms with Gasteiger partial charge in [-0.2, -0.15) is 0 Å². The molecule has 0 radical (unpaired) electrons. The monoisotopic (exact) mass is 168 g/mol. The Morgan fingerprint density at radius 2 is 2.00 bits per heavy atom. The lowest BCUT2D eigenvalue weighted by Gasteiger charge is -2.09. The van der Waals surface area contributed by atoms with Gasteiger partial charge in [-0.3, -0.25) is 4.98 Å². The van der Waals surface area contributed by atoms with Crippen molar-refractivity contribution in [1.29, 1.82) is 0 Å². The number of pyridine rings is 1. The number of aromatic nitrogens is 1. The van der Waals surface area contributed by atoms with Gasteiger partial charge in [0.2, 0.25) is 0 Å². The number of rotatable bonds is 3. The summed E-state index contributed by atoms with van der Waals surface area (Å²) in [4.78, 5) is 3.98. The molecule has 0 amide bonds. The van der Waals surface area contributed by atoms with Gasteiger partial charge in [0.15, 0.2) is 0 Å². The number of aliphatic hydroxyl groups excluding tert-OH is 2. The third kappa shape index (κ3) is 1.93. The average Bonchev–Trinajstić information content (AvgIpc) is 2.10. The first kappa shape index (κ1) is 8.96. The molecule has 4 nitrogen and oxygen atoms in total. The number of hydrogen-bond donors (Lipinski definition) is 3. The van der Waals surface area contributed by atoms with Gasteiger partial charge in [-0.15, -0.1) is 0 Å². The van der Waals surface area contributed by atoms with E-state index in [1.165, 1.54) is 6.20 Å². The highest BCUT2D eigenvalue weighted by Gasteiger charge is 2.09. The summed E-state index contributed by atoms with van der Waals surface area (Å²) in [5.74, 6) is -0.300. The van der Waals surface area contributed by atoms with Crippen LogP contribution in [0.4, 0.5) is 5.69 Å². The molecule has 1 heterocycles. The molecule has 66 valence electrons. The van der Waals surface area contributed by atoms with Gasteiger partial charge in [-0.1, -0.05) is 0 Å². The lowest BCUT2D eigenvalue weighted by atomic mass is 10.1. The SMILES string of the molecule is Nc1ccc(C(CO)CO)nc1. The second kappa shape index (κ2) is 4.04. The fourth-order valence-electron chi connectivity index (χ4n) is 0.903. The van der Waals surface area contributed by atoms with Gasteiger partial charge in [-0.05, 0) is 12.1 Å². The van der Waals surface area contributed by atoms with Gasteiger partial charge in [0.1, 0.15) is 0 Å². The van der Waals surface area contributed by atoms with Crippen molar-refractivity contribution in [3.05, 3.63) is 24.0 Å². The highest BCUT2D eigenvalue weighted by Crippen LogP contribution is 2.12. The van der Waals surface area contributed by atoms with Crippen LogP contribution >= 0.6 is 0 Å². The molecular weight excluding hydrogens is 156 g/mol. The van der Waals surface area contributed by atoms with Crippen LogP contribution in [0.3, 0.4) is 0 Å². The normalized spacial score (nSPS) is 10.6. The van der Waals surface area contributed by atoms with Crippen LogP contribution in [0.15, 0.2) is 18.3 Å². The molecule has 0 fully saturated rings. The van der Waals surface area contributed by atoms with E-state index in [2.05, 4.69) is 4.98 Å². The topological polar surface area (TPSA) is 79.4 Å². The summed E-state index contributed by atoms with van der Waals surface area (Å²) in [6.45, 7) is -0.208. The summed E-state index contributed by atoms with van der Waals surface area (Å²) in [6.07, 6.45) is 1.51. The van der Waals surface area contributed by atoms with Crippen LogP contribution in [0.25, 0.3) is 0 Å². The van der Waals surface area contributed by atoms with Crippen molar-refractivity contribution in [1.82, 2.24) is 4.98 Å². The van der Waals surface area contributed by atoms with E-state index < -0.39 is 0 Å². The predicted octanol–water partition coefficient (Wildman–Crippen LogP) is -0.268. The molecule has 12 heavy (non-hydrogen) atoms. The van der Waals surface area contributed by atoms with Crippen molar-refractivity contribution in [3.8, 4) is 0 Å². The Balaban J connectivity index is 2.80. The highest BCUT2D eigenvalue weighted by atomic mass is 16.3. The molecule has 0 saturated carbocycles. The lowest BCUT2D eigenvalue weighted by Crippen LogP contribution is -2.10. The van der Waals surface area contributed by atoms with Crippen molar-refractivity contribution in [2.45, 2.75) is 5.92 Å². The quantitative estimate of drug-likeness (QED) is 0.580. The van der Waals surface area contributed by atoms with Crippen LogP contribution in [0.1, 0.15) is 11.6 Å². The Kier molecular flexibility index (Phi) is 3.01. The second-order valence-corrected chi connectivity index (χ2v) is 2.58. The molecule has 0 bridgehead atoms. The molecule has 0 spiro atoms. The lowest BCUT2D eigenvalue weighted by molar-refractivity contribution is 0.190. The smallest absolute Gasteiger partial charge is 0.0537 e. The van der Waals surface area contributed by atoms with Crippen molar-refractivity contribution in [2.24, 2.45) is 0 Å². The zero-order valence-electron chi connectivity index (χ0n) is 6.64. The summed E-state index contributed by atoms with van der Waals surface area (Å²) >= 11 is 0. The Hall–Kier alpha value is -1.13.